The molecule has 0 aromatic carbocycles. The highest BCUT2D eigenvalue weighted by Gasteiger charge is 2.25. The van der Waals surface area contributed by atoms with Crippen LogP contribution in [-0.4, -0.2) is 39.6 Å². The molecule has 1 fully saturated rings. The van der Waals surface area contributed by atoms with Crippen molar-refractivity contribution in [3.63, 3.8) is 0 Å². The average Bonchev–Trinajstić information content (AvgIpc) is 2.49. The highest BCUT2D eigenvalue weighted by Crippen LogP contribution is 2.25. The first-order valence-electron chi connectivity index (χ1n) is 6.03. The van der Waals surface area contributed by atoms with E-state index in [1.807, 2.05) is 0 Å². The Kier molecular flexibility index (Phi) is 3.20. The largest absolute Gasteiger partial charge is 0.382 e. The first-order valence-corrected chi connectivity index (χ1v) is 6.03. The van der Waals surface area contributed by atoms with Crippen LogP contribution in [0.1, 0.15) is 11.8 Å². The lowest BCUT2D eigenvalue weighted by Gasteiger charge is -2.33. The minimum atomic E-state index is -0.190. The summed E-state index contributed by atoms with van der Waals surface area (Å²) in [7, 11) is 0. The van der Waals surface area contributed by atoms with E-state index in [1.165, 1.54) is 0 Å². The Hall–Kier alpha value is -2.28. The Balaban J connectivity index is 1.81. The van der Waals surface area contributed by atoms with Crippen molar-refractivity contribution in [3.05, 3.63) is 36.7 Å². The Morgan fingerprint density at radius 1 is 1.16 bits per heavy atom. The smallest absolute Gasteiger partial charge is 0.147 e. The number of rotatable bonds is 2. The van der Waals surface area contributed by atoms with E-state index >= 15 is 0 Å². The molecule has 98 valence electrons. The lowest BCUT2D eigenvalue weighted by molar-refractivity contribution is 0.0370. The van der Waals surface area contributed by atoms with Crippen LogP contribution in [-0.2, 0) is 4.74 Å². The van der Waals surface area contributed by atoms with Crippen molar-refractivity contribution in [1.82, 2.24) is 19.9 Å². The number of ether oxygens (including phenoxy) is 1. The number of hydrogen-bond donors (Lipinski definition) is 1. The Morgan fingerprint density at radius 3 is 2.79 bits per heavy atom. The number of nitrogens with two attached hydrogens (primary N) is 1. The monoisotopic (exact) mass is 258 g/mol. The van der Waals surface area contributed by atoms with Crippen molar-refractivity contribution in [1.29, 1.82) is 0 Å². The molecule has 0 aliphatic carbocycles. The Morgan fingerprint density at radius 2 is 2.00 bits per heavy atom. The van der Waals surface area contributed by atoms with E-state index in [0.29, 0.717) is 24.7 Å². The van der Waals surface area contributed by atoms with Crippen molar-refractivity contribution in [2.75, 3.05) is 30.3 Å². The molecule has 3 heterocycles. The third kappa shape index (κ3) is 2.45. The molecule has 0 radical (unpaired) electrons. The number of nitrogens with zero attached hydrogens (tertiary/aromatic N) is 5. The van der Waals surface area contributed by atoms with Crippen molar-refractivity contribution in [2.24, 2.45) is 0 Å². The van der Waals surface area contributed by atoms with Crippen LogP contribution in [0.25, 0.3) is 0 Å². The molecule has 0 spiro atoms. The van der Waals surface area contributed by atoms with Gasteiger partial charge in [0.05, 0.1) is 19.3 Å². The van der Waals surface area contributed by atoms with Gasteiger partial charge in [0.2, 0.25) is 0 Å². The Bertz CT molecular complexity index is 549. The molecular weight excluding hydrogens is 244 g/mol. The third-order valence-electron chi connectivity index (χ3n) is 3.00. The van der Waals surface area contributed by atoms with Crippen LogP contribution in [0.3, 0.4) is 0 Å². The second-order valence-corrected chi connectivity index (χ2v) is 4.20. The van der Waals surface area contributed by atoms with E-state index in [9.17, 15) is 0 Å². The molecule has 2 aromatic rings. The first kappa shape index (κ1) is 11.8. The standard InChI is InChI=1S/C12H14N6O/c13-12-11(16-3-4-17-12)9-8-18(5-6-19-9)10-7-14-1-2-15-10/h1-4,7,9H,5-6,8H2,(H2,13,17)/t9-/m1/s1. The number of hydrogen-bond acceptors (Lipinski definition) is 7. The molecule has 0 amide bonds. The second kappa shape index (κ2) is 5.15. The summed E-state index contributed by atoms with van der Waals surface area (Å²) in [5.41, 5.74) is 6.51. The van der Waals surface area contributed by atoms with Crippen LogP contribution >= 0.6 is 0 Å². The molecule has 7 heteroatoms. The maximum absolute atomic E-state index is 5.84. The third-order valence-corrected chi connectivity index (χ3v) is 3.00. The zero-order valence-corrected chi connectivity index (χ0v) is 10.3. The molecule has 0 unspecified atom stereocenters. The molecule has 1 aliphatic heterocycles. The van der Waals surface area contributed by atoms with Gasteiger partial charge < -0.3 is 15.4 Å². The van der Waals surface area contributed by atoms with Gasteiger partial charge in [-0.2, -0.15) is 0 Å². The summed E-state index contributed by atoms with van der Waals surface area (Å²) in [5, 5.41) is 0. The maximum atomic E-state index is 5.84. The van der Waals surface area contributed by atoms with Crippen LogP contribution in [0, 0.1) is 0 Å². The van der Waals surface area contributed by atoms with Gasteiger partial charge in [-0.3, -0.25) is 9.97 Å². The summed E-state index contributed by atoms with van der Waals surface area (Å²) in [5.74, 6) is 1.24. The van der Waals surface area contributed by atoms with Crippen molar-refractivity contribution < 1.29 is 4.74 Å². The molecule has 1 saturated heterocycles. The molecule has 3 rings (SSSR count). The summed E-state index contributed by atoms with van der Waals surface area (Å²) >= 11 is 0. The van der Waals surface area contributed by atoms with Gasteiger partial charge in [-0.25, -0.2) is 9.97 Å². The number of aromatic nitrogens is 4. The zero-order chi connectivity index (χ0) is 13.1. The summed E-state index contributed by atoms with van der Waals surface area (Å²) in [6, 6.07) is 0. The molecule has 7 nitrogen and oxygen atoms in total. The highest BCUT2D eigenvalue weighted by molar-refractivity contribution is 5.40. The summed E-state index contributed by atoms with van der Waals surface area (Å²) < 4.78 is 5.72. The van der Waals surface area contributed by atoms with Crippen molar-refractivity contribution >= 4 is 11.6 Å². The lowest BCUT2D eigenvalue weighted by atomic mass is 10.2. The van der Waals surface area contributed by atoms with Crippen molar-refractivity contribution in [3.8, 4) is 0 Å². The van der Waals surface area contributed by atoms with Gasteiger partial charge in [0.1, 0.15) is 23.4 Å². The van der Waals surface area contributed by atoms with Crippen molar-refractivity contribution in [2.45, 2.75) is 6.10 Å². The molecule has 0 bridgehead atoms. The van der Waals surface area contributed by atoms with Crippen LogP contribution in [0.5, 0.6) is 0 Å². The van der Waals surface area contributed by atoms with E-state index in [-0.39, 0.29) is 6.10 Å². The van der Waals surface area contributed by atoms with E-state index in [4.69, 9.17) is 10.5 Å². The minimum Gasteiger partial charge on any atom is -0.382 e. The lowest BCUT2D eigenvalue weighted by Crippen LogP contribution is -2.39. The van der Waals surface area contributed by atoms with Crippen LogP contribution in [0.15, 0.2) is 31.0 Å². The summed E-state index contributed by atoms with van der Waals surface area (Å²) in [4.78, 5) is 18.8. The number of morpholine rings is 1. The minimum absolute atomic E-state index is 0.190. The SMILES string of the molecule is Nc1nccnc1[C@H]1CN(c2cnccn2)CCO1. The fourth-order valence-electron chi connectivity index (χ4n) is 2.08. The quantitative estimate of drug-likeness (QED) is 0.835. The van der Waals surface area contributed by atoms with Gasteiger partial charge in [0.25, 0.3) is 0 Å². The van der Waals surface area contributed by atoms with Gasteiger partial charge in [0, 0.05) is 31.3 Å². The number of anilines is 2. The molecule has 1 atom stereocenters. The van der Waals surface area contributed by atoms with E-state index in [0.717, 1.165) is 12.4 Å². The molecule has 1 aliphatic rings. The van der Waals surface area contributed by atoms with Crippen LogP contribution < -0.4 is 10.6 Å². The topological polar surface area (TPSA) is 90.1 Å². The van der Waals surface area contributed by atoms with Gasteiger partial charge in [0.15, 0.2) is 0 Å². The Labute approximate surface area is 110 Å². The van der Waals surface area contributed by atoms with Gasteiger partial charge >= 0.3 is 0 Å². The fraction of sp³-hybridized carbons (Fsp3) is 0.333. The van der Waals surface area contributed by atoms with Gasteiger partial charge in [-0.15, -0.1) is 0 Å². The predicted molar refractivity (Wildman–Crippen MR) is 69.4 cm³/mol. The maximum Gasteiger partial charge on any atom is 0.147 e. The number of nitrogen functional groups attached to an aromatic ring is 1. The average molecular weight is 258 g/mol. The fourth-order valence-corrected chi connectivity index (χ4v) is 2.08. The van der Waals surface area contributed by atoms with Gasteiger partial charge in [-0.1, -0.05) is 0 Å². The van der Waals surface area contributed by atoms with E-state index in [1.54, 1.807) is 31.0 Å². The van der Waals surface area contributed by atoms with Gasteiger partial charge in [-0.05, 0) is 0 Å². The van der Waals surface area contributed by atoms with Crippen LogP contribution in [0.2, 0.25) is 0 Å². The predicted octanol–water partition coefficient (Wildman–Crippen LogP) is 0.427. The highest BCUT2D eigenvalue weighted by atomic mass is 16.5. The normalized spacial score (nSPS) is 19.4. The molecule has 19 heavy (non-hydrogen) atoms. The van der Waals surface area contributed by atoms with Crippen LogP contribution in [0.4, 0.5) is 11.6 Å². The second-order valence-electron chi connectivity index (χ2n) is 4.20. The molecule has 0 saturated carbocycles. The summed E-state index contributed by atoms with van der Waals surface area (Å²) in [6.45, 7) is 2.01. The molecule has 2 N–H and O–H groups in total. The zero-order valence-electron chi connectivity index (χ0n) is 10.3. The summed E-state index contributed by atoms with van der Waals surface area (Å²) in [6.07, 6.45) is 8.07. The molecule has 2 aromatic heterocycles. The first-order chi connectivity index (χ1) is 9.34. The van der Waals surface area contributed by atoms with E-state index in [2.05, 4.69) is 24.8 Å². The van der Waals surface area contributed by atoms with E-state index < -0.39 is 0 Å². The molecular formula is C12H14N6O.